The predicted octanol–water partition coefficient (Wildman–Crippen LogP) is 2.25. The maximum atomic E-state index is 5.40. The molecule has 0 saturated heterocycles. The second-order valence-electron chi connectivity index (χ2n) is 5.40. The zero-order chi connectivity index (χ0) is 16.9. The van der Waals surface area contributed by atoms with Crippen molar-refractivity contribution in [1.82, 2.24) is 19.5 Å². The Morgan fingerprint density at radius 1 is 1.21 bits per heavy atom. The van der Waals surface area contributed by atoms with Crippen molar-refractivity contribution in [3.05, 3.63) is 42.1 Å². The number of nitrogens with one attached hydrogen (secondary N) is 1. The van der Waals surface area contributed by atoms with Gasteiger partial charge in [-0.05, 0) is 19.1 Å². The van der Waals surface area contributed by atoms with Gasteiger partial charge in [-0.1, -0.05) is 0 Å². The fourth-order valence-corrected chi connectivity index (χ4v) is 2.66. The Kier molecular flexibility index (Phi) is 4.90. The third-order valence-corrected chi connectivity index (χ3v) is 3.75. The largest absolute Gasteiger partial charge is 0.495 e. The molecule has 0 aliphatic rings. The molecular formula is C17H21N5O2. The van der Waals surface area contributed by atoms with Crippen molar-refractivity contribution in [1.29, 1.82) is 0 Å². The summed E-state index contributed by atoms with van der Waals surface area (Å²) in [4.78, 5) is 13.2. The lowest BCUT2D eigenvalue weighted by atomic mass is 10.2. The third-order valence-electron chi connectivity index (χ3n) is 3.75. The molecule has 0 amide bonds. The summed E-state index contributed by atoms with van der Waals surface area (Å²) >= 11 is 0. The summed E-state index contributed by atoms with van der Waals surface area (Å²) in [5.74, 6) is 2.32. The fourth-order valence-electron chi connectivity index (χ4n) is 2.66. The first-order valence-electron chi connectivity index (χ1n) is 7.76. The first-order valence-corrected chi connectivity index (χ1v) is 7.76. The lowest BCUT2D eigenvalue weighted by molar-refractivity contribution is 0.210. The van der Waals surface area contributed by atoms with E-state index >= 15 is 0 Å². The first-order chi connectivity index (χ1) is 11.7. The number of nitrogens with zero attached hydrogens (tertiary/aromatic N) is 4. The van der Waals surface area contributed by atoms with Gasteiger partial charge in [0.2, 0.25) is 0 Å². The van der Waals surface area contributed by atoms with Gasteiger partial charge >= 0.3 is 0 Å². The molecule has 3 aromatic heterocycles. The number of aryl methyl sites for hydroxylation is 1. The van der Waals surface area contributed by atoms with E-state index in [0.29, 0.717) is 19.7 Å². The molecule has 0 spiro atoms. The minimum atomic E-state index is 0.615. The number of aromatic nitrogens is 4. The Hall–Kier alpha value is -2.67. The topological polar surface area (TPSA) is 74.1 Å². The van der Waals surface area contributed by atoms with Crippen molar-refractivity contribution in [3.8, 4) is 5.75 Å². The number of hydrogen-bond donors (Lipinski definition) is 1. The van der Waals surface area contributed by atoms with Gasteiger partial charge in [-0.25, -0.2) is 9.97 Å². The van der Waals surface area contributed by atoms with Gasteiger partial charge in [0.1, 0.15) is 17.1 Å². The van der Waals surface area contributed by atoms with Crippen LogP contribution in [0.3, 0.4) is 0 Å². The molecule has 0 aromatic carbocycles. The van der Waals surface area contributed by atoms with Crippen LogP contribution in [0, 0.1) is 6.92 Å². The maximum absolute atomic E-state index is 5.40. The Bertz CT molecular complexity index is 831. The molecule has 0 bridgehead atoms. The predicted molar refractivity (Wildman–Crippen MR) is 92.5 cm³/mol. The summed E-state index contributed by atoms with van der Waals surface area (Å²) in [6.07, 6.45) is 5.50. The Morgan fingerprint density at radius 3 is 2.88 bits per heavy atom. The number of ether oxygens (including phenoxy) is 2. The highest BCUT2D eigenvalue weighted by molar-refractivity contribution is 5.86. The van der Waals surface area contributed by atoms with Crippen molar-refractivity contribution < 1.29 is 9.47 Å². The van der Waals surface area contributed by atoms with Crippen LogP contribution in [0.5, 0.6) is 5.75 Å². The summed E-state index contributed by atoms with van der Waals surface area (Å²) in [7, 11) is 3.33. The highest BCUT2D eigenvalue weighted by Gasteiger charge is 2.12. The number of methoxy groups -OCH3 is 2. The molecule has 24 heavy (non-hydrogen) atoms. The molecule has 0 saturated carbocycles. The SMILES string of the molecule is COCCNc1nc(C)nc2ccn(Cc3ccncc3OC)c12. The molecular weight excluding hydrogens is 306 g/mol. The van der Waals surface area contributed by atoms with E-state index < -0.39 is 0 Å². The van der Waals surface area contributed by atoms with E-state index in [1.54, 1.807) is 26.6 Å². The molecule has 0 fully saturated rings. The van der Waals surface area contributed by atoms with Crippen LogP contribution in [0.4, 0.5) is 5.82 Å². The molecule has 0 atom stereocenters. The number of rotatable bonds is 7. The Balaban J connectivity index is 1.99. The highest BCUT2D eigenvalue weighted by atomic mass is 16.5. The van der Waals surface area contributed by atoms with E-state index in [1.807, 2.05) is 25.3 Å². The zero-order valence-electron chi connectivity index (χ0n) is 14.1. The molecule has 7 nitrogen and oxygen atoms in total. The molecule has 3 rings (SSSR count). The molecule has 0 radical (unpaired) electrons. The number of hydrogen-bond acceptors (Lipinski definition) is 6. The smallest absolute Gasteiger partial charge is 0.154 e. The summed E-state index contributed by atoms with van der Waals surface area (Å²) in [6, 6.07) is 3.96. The average Bonchev–Trinajstić information content (AvgIpc) is 2.98. The van der Waals surface area contributed by atoms with Crippen LogP contribution in [-0.4, -0.2) is 46.9 Å². The first kappa shape index (κ1) is 16.2. The van der Waals surface area contributed by atoms with E-state index in [2.05, 4.69) is 24.8 Å². The van der Waals surface area contributed by atoms with Gasteiger partial charge in [0.05, 0.1) is 32.0 Å². The van der Waals surface area contributed by atoms with E-state index in [9.17, 15) is 0 Å². The van der Waals surface area contributed by atoms with E-state index in [0.717, 1.165) is 34.0 Å². The van der Waals surface area contributed by atoms with Crippen molar-refractivity contribution in [3.63, 3.8) is 0 Å². The quantitative estimate of drug-likeness (QED) is 0.671. The van der Waals surface area contributed by atoms with E-state index in [-0.39, 0.29) is 0 Å². The fraction of sp³-hybridized carbons (Fsp3) is 0.353. The minimum Gasteiger partial charge on any atom is -0.495 e. The monoisotopic (exact) mass is 327 g/mol. The summed E-state index contributed by atoms with van der Waals surface area (Å²) in [5, 5.41) is 3.33. The molecule has 0 aliphatic heterocycles. The molecule has 1 N–H and O–H groups in total. The van der Waals surface area contributed by atoms with Crippen LogP contribution >= 0.6 is 0 Å². The Labute approximate surface area is 140 Å². The van der Waals surface area contributed by atoms with Gasteiger partial charge in [0, 0.05) is 31.6 Å². The van der Waals surface area contributed by atoms with Gasteiger partial charge in [-0.15, -0.1) is 0 Å². The number of anilines is 1. The van der Waals surface area contributed by atoms with Gasteiger partial charge in [-0.2, -0.15) is 0 Å². The van der Waals surface area contributed by atoms with Crippen molar-refractivity contribution in [2.24, 2.45) is 0 Å². The molecule has 3 heterocycles. The second-order valence-corrected chi connectivity index (χ2v) is 5.40. The highest BCUT2D eigenvalue weighted by Crippen LogP contribution is 2.25. The van der Waals surface area contributed by atoms with Crippen LogP contribution in [0.15, 0.2) is 30.7 Å². The van der Waals surface area contributed by atoms with Gasteiger partial charge in [-0.3, -0.25) is 4.98 Å². The summed E-state index contributed by atoms with van der Waals surface area (Å²) < 4.78 is 12.6. The molecule has 0 aliphatic carbocycles. The van der Waals surface area contributed by atoms with E-state index in [1.165, 1.54) is 0 Å². The minimum absolute atomic E-state index is 0.615. The van der Waals surface area contributed by atoms with Crippen LogP contribution in [0.2, 0.25) is 0 Å². The van der Waals surface area contributed by atoms with Crippen LogP contribution in [-0.2, 0) is 11.3 Å². The standard InChI is InChI=1S/C17H21N5O2/c1-12-20-14-5-8-22(11-13-4-6-18-10-15(13)24-3)16(14)17(21-12)19-7-9-23-2/h4-6,8,10H,7,9,11H2,1-3H3,(H,19,20,21). The summed E-state index contributed by atoms with van der Waals surface area (Å²) in [5.41, 5.74) is 2.93. The lowest BCUT2D eigenvalue weighted by Gasteiger charge is -2.13. The van der Waals surface area contributed by atoms with Crippen molar-refractivity contribution >= 4 is 16.9 Å². The van der Waals surface area contributed by atoms with E-state index in [4.69, 9.17) is 9.47 Å². The van der Waals surface area contributed by atoms with Gasteiger partial charge < -0.3 is 19.4 Å². The number of fused-ring (bicyclic) bond motifs is 1. The van der Waals surface area contributed by atoms with Crippen LogP contribution in [0.25, 0.3) is 11.0 Å². The summed E-state index contributed by atoms with van der Waals surface area (Å²) in [6.45, 7) is 3.85. The molecule has 7 heteroatoms. The average molecular weight is 327 g/mol. The molecule has 0 unspecified atom stereocenters. The Morgan fingerprint density at radius 2 is 2.08 bits per heavy atom. The lowest BCUT2D eigenvalue weighted by Crippen LogP contribution is -2.12. The van der Waals surface area contributed by atoms with Crippen molar-refractivity contribution in [2.45, 2.75) is 13.5 Å². The third kappa shape index (κ3) is 3.30. The second kappa shape index (κ2) is 7.27. The van der Waals surface area contributed by atoms with Gasteiger partial charge in [0.15, 0.2) is 5.82 Å². The maximum Gasteiger partial charge on any atom is 0.154 e. The number of pyridine rings is 1. The van der Waals surface area contributed by atoms with Crippen LogP contribution in [0.1, 0.15) is 11.4 Å². The van der Waals surface area contributed by atoms with Gasteiger partial charge in [0.25, 0.3) is 0 Å². The zero-order valence-corrected chi connectivity index (χ0v) is 14.1. The molecule has 126 valence electrons. The van der Waals surface area contributed by atoms with Crippen molar-refractivity contribution in [2.75, 3.05) is 32.7 Å². The molecule has 3 aromatic rings. The normalized spacial score (nSPS) is 11.0. The van der Waals surface area contributed by atoms with Crippen LogP contribution < -0.4 is 10.1 Å².